The number of hydrogen-bond acceptors (Lipinski definition) is 1. The molecule has 2 nitrogen and oxygen atoms in total. The molecule has 0 heterocycles. The molecule has 1 amide bonds. The third-order valence-corrected chi connectivity index (χ3v) is 4.64. The third kappa shape index (κ3) is 3.58. The van der Waals surface area contributed by atoms with Crippen LogP contribution in [0.1, 0.15) is 43.6 Å². The van der Waals surface area contributed by atoms with Crippen molar-refractivity contribution in [3.63, 3.8) is 0 Å². The SMILES string of the molecule is Cc1c(Br)cccc1C(=O)NCC(C)(C)C(C)C. The molecule has 0 spiro atoms. The summed E-state index contributed by atoms with van der Waals surface area (Å²) in [4.78, 5) is 12.2. The maximum Gasteiger partial charge on any atom is 0.251 e. The first kappa shape index (κ1) is 15.2. The van der Waals surface area contributed by atoms with Crippen molar-refractivity contribution in [3.05, 3.63) is 33.8 Å². The van der Waals surface area contributed by atoms with E-state index < -0.39 is 0 Å². The molecule has 18 heavy (non-hydrogen) atoms. The van der Waals surface area contributed by atoms with Gasteiger partial charge < -0.3 is 5.32 Å². The molecule has 0 aliphatic carbocycles. The van der Waals surface area contributed by atoms with Crippen molar-refractivity contribution in [3.8, 4) is 0 Å². The van der Waals surface area contributed by atoms with Crippen molar-refractivity contribution in [2.45, 2.75) is 34.6 Å². The summed E-state index contributed by atoms with van der Waals surface area (Å²) in [5, 5.41) is 3.03. The first-order valence-corrected chi connectivity index (χ1v) is 7.08. The Morgan fingerprint density at radius 1 is 1.39 bits per heavy atom. The Labute approximate surface area is 118 Å². The molecule has 100 valence electrons. The summed E-state index contributed by atoms with van der Waals surface area (Å²) < 4.78 is 0.971. The van der Waals surface area contributed by atoms with Crippen LogP contribution >= 0.6 is 15.9 Å². The van der Waals surface area contributed by atoms with Crippen LogP contribution in [0.5, 0.6) is 0 Å². The van der Waals surface area contributed by atoms with E-state index in [1.807, 2.05) is 25.1 Å². The van der Waals surface area contributed by atoms with Gasteiger partial charge in [0, 0.05) is 16.6 Å². The van der Waals surface area contributed by atoms with Crippen LogP contribution in [-0.2, 0) is 0 Å². The lowest BCUT2D eigenvalue weighted by Crippen LogP contribution is -2.37. The van der Waals surface area contributed by atoms with Gasteiger partial charge >= 0.3 is 0 Å². The highest BCUT2D eigenvalue weighted by Gasteiger charge is 2.23. The van der Waals surface area contributed by atoms with E-state index in [2.05, 4.69) is 48.9 Å². The number of carbonyl (C=O) groups is 1. The van der Waals surface area contributed by atoms with Crippen molar-refractivity contribution >= 4 is 21.8 Å². The zero-order valence-electron chi connectivity index (χ0n) is 11.8. The van der Waals surface area contributed by atoms with Gasteiger partial charge in [-0.3, -0.25) is 4.79 Å². The summed E-state index contributed by atoms with van der Waals surface area (Å²) in [6.07, 6.45) is 0. The topological polar surface area (TPSA) is 29.1 Å². The first-order chi connectivity index (χ1) is 8.25. The molecule has 3 heteroatoms. The number of nitrogens with one attached hydrogen (secondary N) is 1. The quantitative estimate of drug-likeness (QED) is 0.888. The van der Waals surface area contributed by atoms with E-state index in [1.54, 1.807) is 0 Å². The van der Waals surface area contributed by atoms with Crippen LogP contribution in [-0.4, -0.2) is 12.5 Å². The number of halogens is 1. The molecule has 0 saturated carbocycles. The van der Waals surface area contributed by atoms with Gasteiger partial charge in [-0.25, -0.2) is 0 Å². The van der Waals surface area contributed by atoms with Gasteiger partial charge in [-0.2, -0.15) is 0 Å². The van der Waals surface area contributed by atoms with E-state index in [0.717, 1.165) is 15.6 Å². The van der Waals surface area contributed by atoms with Gasteiger partial charge in [-0.05, 0) is 36.0 Å². The smallest absolute Gasteiger partial charge is 0.251 e. The van der Waals surface area contributed by atoms with Crippen LogP contribution in [0.25, 0.3) is 0 Å². The van der Waals surface area contributed by atoms with Crippen LogP contribution in [0.15, 0.2) is 22.7 Å². The fourth-order valence-electron chi connectivity index (χ4n) is 1.46. The van der Waals surface area contributed by atoms with Crippen molar-refractivity contribution in [1.82, 2.24) is 5.32 Å². The van der Waals surface area contributed by atoms with E-state index in [4.69, 9.17) is 0 Å². The Kier molecular flexibility index (Phi) is 4.97. The second-order valence-electron chi connectivity index (χ2n) is 5.74. The molecule has 0 radical (unpaired) electrons. The van der Waals surface area contributed by atoms with Crippen molar-refractivity contribution in [2.24, 2.45) is 11.3 Å². The van der Waals surface area contributed by atoms with Gasteiger partial charge in [0.2, 0.25) is 0 Å². The van der Waals surface area contributed by atoms with Gasteiger partial charge in [-0.15, -0.1) is 0 Å². The number of amides is 1. The highest BCUT2D eigenvalue weighted by Crippen LogP contribution is 2.25. The largest absolute Gasteiger partial charge is 0.351 e. The van der Waals surface area contributed by atoms with Crippen LogP contribution < -0.4 is 5.32 Å². The standard InChI is InChI=1S/C15H22BrNO/c1-10(2)15(4,5)9-17-14(18)12-7-6-8-13(16)11(12)3/h6-8,10H,9H2,1-5H3,(H,17,18). The van der Waals surface area contributed by atoms with Gasteiger partial charge in [0.05, 0.1) is 0 Å². The van der Waals surface area contributed by atoms with E-state index in [0.29, 0.717) is 12.5 Å². The second kappa shape index (κ2) is 5.87. The fraction of sp³-hybridized carbons (Fsp3) is 0.533. The van der Waals surface area contributed by atoms with E-state index in [9.17, 15) is 4.79 Å². The van der Waals surface area contributed by atoms with Gasteiger partial charge in [0.15, 0.2) is 0 Å². The summed E-state index contributed by atoms with van der Waals surface area (Å²) in [7, 11) is 0. The van der Waals surface area contributed by atoms with Gasteiger partial charge in [-0.1, -0.05) is 49.7 Å². The molecule has 0 unspecified atom stereocenters. The summed E-state index contributed by atoms with van der Waals surface area (Å²) in [6.45, 7) is 11.3. The summed E-state index contributed by atoms with van der Waals surface area (Å²) in [5.74, 6) is 0.531. The summed E-state index contributed by atoms with van der Waals surface area (Å²) in [5.41, 5.74) is 1.83. The highest BCUT2D eigenvalue weighted by atomic mass is 79.9. The normalized spacial score (nSPS) is 11.7. The molecular weight excluding hydrogens is 290 g/mol. The Bertz CT molecular complexity index is 438. The van der Waals surface area contributed by atoms with E-state index >= 15 is 0 Å². The number of carbonyl (C=O) groups excluding carboxylic acids is 1. The molecule has 0 aliphatic heterocycles. The van der Waals surface area contributed by atoms with Crippen LogP contribution in [0.3, 0.4) is 0 Å². The maximum atomic E-state index is 12.2. The van der Waals surface area contributed by atoms with Crippen molar-refractivity contribution < 1.29 is 4.79 Å². The minimum absolute atomic E-state index is 0.00234. The lowest BCUT2D eigenvalue weighted by Gasteiger charge is -2.29. The van der Waals surface area contributed by atoms with E-state index in [1.165, 1.54) is 0 Å². The predicted molar refractivity (Wildman–Crippen MR) is 79.8 cm³/mol. The summed E-state index contributed by atoms with van der Waals surface area (Å²) >= 11 is 3.45. The average Bonchev–Trinajstić information content (AvgIpc) is 2.29. The second-order valence-corrected chi connectivity index (χ2v) is 6.59. The monoisotopic (exact) mass is 311 g/mol. The van der Waals surface area contributed by atoms with Gasteiger partial charge in [0.1, 0.15) is 0 Å². The molecule has 1 rings (SSSR count). The molecule has 1 aromatic carbocycles. The Morgan fingerprint density at radius 3 is 2.56 bits per heavy atom. The lowest BCUT2D eigenvalue weighted by atomic mass is 9.81. The number of benzene rings is 1. The molecular formula is C15H22BrNO. The zero-order chi connectivity index (χ0) is 13.9. The summed E-state index contributed by atoms with van der Waals surface area (Å²) in [6, 6.07) is 5.70. The molecule has 0 fully saturated rings. The Balaban J connectivity index is 2.75. The lowest BCUT2D eigenvalue weighted by molar-refractivity contribution is 0.0924. The maximum absolute atomic E-state index is 12.2. The Hall–Kier alpha value is -0.830. The zero-order valence-corrected chi connectivity index (χ0v) is 13.4. The van der Waals surface area contributed by atoms with Crippen LogP contribution in [0, 0.1) is 18.3 Å². The number of rotatable bonds is 4. The Morgan fingerprint density at radius 2 is 2.00 bits per heavy atom. The molecule has 1 aromatic rings. The minimum atomic E-state index is 0.00234. The molecule has 1 N–H and O–H groups in total. The van der Waals surface area contributed by atoms with E-state index in [-0.39, 0.29) is 11.3 Å². The van der Waals surface area contributed by atoms with Crippen molar-refractivity contribution in [1.29, 1.82) is 0 Å². The molecule has 0 aromatic heterocycles. The van der Waals surface area contributed by atoms with Gasteiger partial charge in [0.25, 0.3) is 5.91 Å². The number of hydrogen-bond donors (Lipinski definition) is 1. The highest BCUT2D eigenvalue weighted by molar-refractivity contribution is 9.10. The first-order valence-electron chi connectivity index (χ1n) is 6.29. The third-order valence-electron chi connectivity index (χ3n) is 3.78. The molecule has 0 aliphatic rings. The molecule has 0 atom stereocenters. The average molecular weight is 312 g/mol. The van der Waals surface area contributed by atoms with Crippen LogP contribution in [0.2, 0.25) is 0 Å². The molecule has 0 saturated heterocycles. The molecule has 0 bridgehead atoms. The fourth-order valence-corrected chi connectivity index (χ4v) is 1.83. The van der Waals surface area contributed by atoms with Crippen LogP contribution in [0.4, 0.5) is 0 Å². The minimum Gasteiger partial charge on any atom is -0.351 e. The van der Waals surface area contributed by atoms with Crippen molar-refractivity contribution in [2.75, 3.05) is 6.54 Å². The predicted octanol–water partition coefficient (Wildman–Crippen LogP) is 4.17.